The van der Waals surface area contributed by atoms with Crippen molar-refractivity contribution in [1.82, 2.24) is 5.06 Å². The molecule has 0 atom stereocenters. The molecule has 2 fully saturated rings. The van der Waals surface area contributed by atoms with Crippen LogP contribution in [0.2, 0.25) is 0 Å². The number of hydrogen-bond donors (Lipinski definition) is 0. The van der Waals surface area contributed by atoms with E-state index < -0.39 is 18.9 Å². The third kappa shape index (κ3) is 2.89. The van der Waals surface area contributed by atoms with Crippen LogP contribution in [0.5, 0.6) is 0 Å². The summed E-state index contributed by atoms with van der Waals surface area (Å²) in [5.74, 6) is 1.28. The Hall–Kier alpha value is -0.390. The molecule has 0 aromatic heterocycles. The molecule has 7 heteroatoms. The zero-order valence-corrected chi connectivity index (χ0v) is 19.0. The molecule has 152 valence electrons. The SMILES string of the molecule is CC1=C(C)OP2(ON3C(C)(C)CCCC3(C)C)(O1)OC(C)(C)C(C)(C)O2. The molecule has 0 aromatic rings. The predicted molar refractivity (Wildman–Crippen MR) is 103 cm³/mol. The van der Waals surface area contributed by atoms with Crippen LogP contribution in [-0.4, -0.2) is 27.3 Å². The third-order valence-corrected chi connectivity index (χ3v) is 9.25. The Labute approximate surface area is 158 Å². The van der Waals surface area contributed by atoms with Gasteiger partial charge in [-0.2, -0.15) is 0 Å². The molecule has 3 rings (SSSR count). The summed E-state index contributed by atoms with van der Waals surface area (Å²) < 4.78 is 32.1. The molecule has 1 spiro atoms. The van der Waals surface area contributed by atoms with Gasteiger partial charge in [0.1, 0.15) is 0 Å². The number of allylic oxidation sites excluding steroid dienone is 2. The summed E-state index contributed by atoms with van der Waals surface area (Å²) in [5, 5.41) is 2.00. The van der Waals surface area contributed by atoms with Crippen molar-refractivity contribution < 1.29 is 22.7 Å². The molecule has 3 heterocycles. The molecule has 0 bridgehead atoms. The number of nitrogens with zero attached hydrogens (tertiary/aromatic N) is 1. The van der Waals surface area contributed by atoms with E-state index in [0.717, 1.165) is 19.3 Å². The summed E-state index contributed by atoms with van der Waals surface area (Å²) >= 11 is 0. The van der Waals surface area contributed by atoms with Gasteiger partial charge in [-0.15, -0.1) is 0 Å². The normalized spacial score (nSPS) is 34.8. The van der Waals surface area contributed by atoms with Crippen molar-refractivity contribution in [3.8, 4) is 0 Å². The van der Waals surface area contributed by atoms with Gasteiger partial charge in [0.25, 0.3) is 0 Å². The first kappa shape index (κ1) is 20.3. The molecule has 0 saturated carbocycles. The summed E-state index contributed by atoms with van der Waals surface area (Å²) in [5.41, 5.74) is -1.68. The van der Waals surface area contributed by atoms with E-state index in [9.17, 15) is 0 Å². The fraction of sp³-hybridized carbons (Fsp3) is 0.895. The number of hydrogen-bond acceptors (Lipinski definition) is 6. The summed E-state index contributed by atoms with van der Waals surface area (Å²) in [7, 11) is -4.33. The zero-order valence-electron chi connectivity index (χ0n) is 18.1. The summed E-state index contributed by atoms with van der Waals surface area (Å²) in [4.78, 5) is 0. The summed E-state index contributed by atoms with van der Waals surface area (Å²) in [6, 6.07) is 0. The van der Waals surface area contributed by atoms with Crippen LogP contribution in [-0.2, 0) is 22.7 Å². The average Bonchev–Trinajstić information content (AvgIpc) is 2.73. The van der Waals surface area contributed by atoms with Crippen molar-refractivity contribution >= 4 is 7.74 Å². The molecular weight excluding hydrogens is 353 g/mol. The molecule has 26 heavy (non-hydrogen) atoms. The molecule has 3 aliphatic heterocycles. The van der Waals surface area contributed by atoms with Crippen LogP contribution >= 0.6 is 7.74 Å². The van der Waals surface area contributed by atoms with Crippen LogP contribution in [0.1, 0.15) is 88.5 Å². The Balaban J connectivity index is 2.08. The van der Waals surface area contributed by atoms with Crippen molar-refractivity contribution in [3.63, 3.8) is 0 Å². The van der Waals surface area contributed by atoms with Crippen molar-refractivity contribution in [1.29, 1.82) is 0 Å². The molecule has 0 radical (unpaired) electrons. The molecule has 3 aliphatic rings. The molecular formula is C19H36NO5P. The Bertz CT molecular complexity index is 602. The monoisotopic (exact) mass is 389 g/mol. The van der Waals surface area contributed by atoms with Gasteiger partial charge in [-0.1, -0.05) is 0 Å². The van der Waals surface area contributed by atoms with Gasteiger partial charge in [-0.25, -0.2) is 0 Å². The Kier molecular flexibility index (Phi) is 4.19. The maximum absolute atomic E-state index is 6.66. The van der Waals surface area contributed by atoms with Crippen molar-refractivity contribution in [2.45, 2.75) is 111 Å². The summed E-state index contributed by atoms with van der Waals surface area (Å²) in [6.45, 7) is 20.4. The number of hydroxylamine groups is 2. The van der Waals surface area contributed by atoms with Crippen LogP contribution in [0.25, 0.3) is 0 Å². The van der Waals surface area contributed by atoms with E-state index in [0.29, 0.717) is 11.5 Å². The Morgan fingerprint density at radius 3 is 1.54 bits per heavy atom. The molecule has 0 unspecified atom stereocenters. The maximum atomic E-state index is 6.66. The van der Waals surface area contributed by atoms with E-state index in [-0.39, 0.29) is 11.1 Å². The zero-order chi connectivity index (χ0) is 19.8. The molecule has 2 saturated heterocycles. The fourth-order valence-electron chi connectivity index (χ4n) is 4.05. The first-order chi connectivity index (χ1) is 11.5. The van der Waals surface area contributed by atoms with Gasteiger partial charge in [-0.3, -0.25) is 0 Å². The van der Waals surface area contributed by atoms with Crippen molar-refractivity contribution in [3.05, 3.63) is 11.5 Å². The van der Waals surface area contributed by atoms with E-state index in [4.69, 9.17) is 22.7 Å². The van der Waals surface area contributed by atoms with Crippen LogP contribution in [0, 0.1) is 0 Å². The summed E-state index contributed by atoms with van der Waals surface area (Å²) in [6.07, 6.45) is 3.18. The number of rotatable bonds is 2. The second-order valence-electron chi connectivity index (χ2n) is 10.1. The second-order valence-corrected chi connectivity index (χ2v) is 12.5. The van der Waals surface area contributed by atoms with Gasteiger partial charge >= 0.3 is 158 Å². The average molecular weight is 389 g/mol. The quantitative estimate of drug-likeness (QED) is 0.541. The van der Waals surface area contributed by atoms with Crippen LogP contribution in [0.15, 0.2) is 11.5 Å². The topological polar surface area (TPSA) is 49.4 Å². The standard InChI is InChI=1S/C19H36NO5P/c1-14-15(2)22-26(21-14,23-18(7,8)19(9,10)24-26)25-20-16(3,4)12-11-13-17(20,5)6/h11-13H2,1-10H3. The second kappa shape index (κ2) is 5.36. The van der Waals surface area contributed by atoms with E-state index in [2.05, 4.69) is 27.7 Å². The molecule has 0 N–H and O–H groups in total. The number of piperidine rings is 1. The van der Waals surface area contributed by atoms with Gasteiger partial charge in [0.2, 0.25) is 0 Å². The Morgan fingerprint density at radius 2 is 1.15 bits per heavy atom. The predicted octanol–water partition coefficient (Wildman–Crippen LogP) is 5.99. The third-order valence-electron chi connectivity index (χ3n) is 6.16. The van der Waals surface area contributed by atoms with E-state index >= 15 is 0 Å². The minimum atomic E-state index is -4.33. The van der Waals surface area contributed by atoms with Gasteiger partial charge in [-0.05, 0) is 0 Å². The minimum absolute atomic E-state index is 0.199. The molecule has 6 nitrogen and oxygen atoms in total. The van der Waals surface area contributed by atoms with Crippen molar-refractivity contribution in [2.24, 2.45) is 0 Å². The van der Waals surface area contributed by atoms with Crippen molar-refractivity contribution in [2.75, 3.05) is 0 Å². The van der Waals surface area contributed by atoms with Crippen LogP contribution in [0.4, 0.5) is 0 Å². The van der Waals surface area contributed by atoms with E-state index in [1.807, 2.05) is 46.6 Å². The molecule has 0 amide bonds. The fourth-order valence-corrected chi connectivity index (χ4v) is 8.20. The van der Waals surface area contributed by atoms with Gasteiger partial charge in [0.15, 0.2) is 0 Å². The first-order valence-electron chi connectivity index (χ1n) is 9.57. The van der Waals surface area contributed by atoms with Crippen LogP contribution in [0.3, 0.4) is 0 Å². The first-order valence-corrected chi connectivity index (χ1v) is 11.4. The van der Waals surface area contributed by atoms with Gasteiger partial charge < -0.3 is 0 Å². The van der Waals surface area contributed by atoms with Crippen LogP contribution < -0.4 is 0 Å². The van der Waals surface area contributed by atoms with E-state index in [1.165, 1.54) is 0 Å². The molecule has 0 aliphatic carbocycles. The Morgan fingerprint density at radius 1 is 0.769 bits per heavy atom. The van der Waals surface area contributed by atoms with Gasteiger partial charge in [0, 0.05) is 0 Å². The van der Waals surface area contributed by atoms with E-state index in [1.54, 1.807) is 0 Å². The molecule has 0 aromatic carbocycles. The van der Waals surface area contributed by atoms with Gasteiger partial charge in [0.05, 0.1) is 0 Å².